The van der Waals surface area contributed by atoms with Crippen molar-refractivity contribution in [2.75, 3.05) is 0 Å². The first kappa shape index (κ1) is 10.8. The van der Waals surface area contributed by atoms with E-state index in [0.29, 0.717) is 5.88 Å². The van der Waals surface area contributed by atoms with Crippen molar-refractivity contribution in [1.29, 1.82) is 0 Å². The van der Waals surface area contributed by atoms with Gasteiger partial charge < -0.3 is 4.74 Å². The third-order valence-electron chi connectivity index (χ3n) is 2.08. The van der Waals surface area contributed by atoms with Crippen LogP contribution in [0.15, 0.2) is 30.5 Å². The average Bonchev–Trinajstić information content (AvgIpc) is 2.30. The van der Waals surface area contributed by atoms with Crippen molar-refractivity contribution >= 4 is 11.6 Å². The largest absolute Gasteiger partial charge is 0.437 e. The summed E-state index contributed by atoms with van der Waals surface area (Å²) in [6.45, 7) is 2.06. The minimum absolute atomic E-state index is 0.0754. The number of rotatable bonds is 3. The summed E-state index contributed by atoms with van der Waals surface area (Å²) in [5.41, 5.74) is 1.11. The van der Waals surface area contributed by atoms with Crippen molar-refractivity contribution in [2.45, 2.75) is 13.3 Å². The van der Waals surface area contributed by atoms with E-state index in [1.165, 1.54) is 6.20 Å². The van der Waals surface area contributed by atoms with Crippen molar-refractivity contribution < 1.29 is 4.74 Å². The zero-order valence-electron chi connectivity index (χ0n) is 8.72. The zero-order chi connectivity index (χ0) is 11.4. The molecule has 0 saturated heterocycles. The first-order valence-corrected chi connectivity index (χ1v) is 5.28. The second-order valence-electron chi connectivity index (χ2n) is 3.13. The summed E-state index contributed by atoms with van der Waals surface area (Å²) in [5.74, 6) is 1.11. The number of aromatic nitrogens is 3. The van der Waals surface area contributed by atoms with Gasteiger partial charge >= 0.3 is 0 Å². The van der Waals surface area contributed by atoms with Gasteiger partial charge in [0.05, 0.1) is 0 Å². The van der Waals surface area contributed by atoms with Crippen molar-refractivity contribution in [3.63, 3.8) is 0 Å². The van der Waals surface area contributed by atoms with Gasteiger partial charge in [0, 0.05) is 0 Å². The van der Waals surface area contributed by atoms with E-state index in [4.69, 9.17) is 16.3 Å². The van der Waals surface area contributed by atoms with Crippen LogP contribution >= 0.6 is 11.6 Å². The Balaban J connectivity index is 2.26. The lowest BCUT2D eigenvalue weighted by Gasteiger charge is -2.07. The van der Waals surface area contributed by atoms with E-state index in [9.17, 15) is 0 Å². The number of aryl methyl sites for hydroxylation is 1. The summed E-state index contributed by atoms with van der Waals surface area (Å²) < 4.78 is 5.58. The maximum atomic E-state index is 5.62. The monoisotopic (exact) mass is 235 g/mol. The van der Waals surface area contributed by atoms with E-state index in [1.54, 1.807) is 0 Å². The number of ether oxygens (including phenoxy) is 1. The Morgan fingerprint density at radius 2 is 2.12 bits per heavy atom. The molecule has 4 nitrogen and oxygen atoms in total. The Bertz CT molecular complexity index is 490. The van der Waals surface area contributed by atoms with Gasteiger partial charge in [-0.25, -0.2) is 0 Å². The van der Waals surface area contributed by atoms with E-state index >= 15 is 0 Å². The van der Waals surface area contributed by atoms with Crippen molar-refractivity contribution in [2.24, 2.45) is 0 Å². The fourth-order valence-corrected chi connectivity index (χ4v) is 1.45. The fraction of sp³-hybridized carbons (Fsp3) is 0.182. The molecule has 0 amide bonds. The number of benzene rings is 1. The highest BCUT2D eigenvalue weighted by atomic mass is 35.5. The molecular weight excluding hydrogens is 226 g/mol. The van der Waals surface area contributed by atoms with Gasteiger partial charge in [-0.1, -0.05) is 25.1 Å². The summed E-state index contributed by atoms with van der Waals surface area (Å²) in [5, 5.41) is 7.29. The number of halogens is 1. The standard InChI is InChI=1S/C11H10ClN3O/c1-2-8-5-3-4-6-9(8)16-10-7-13-15-11(12)14-10/h3-7H,2H2,1H3. The van der Waals surface area contributed by atoms with Crippen molar-refractivity contribution in [3.8, 4) is 11.6 Å². The highest BCUT2D eigenvalue weighted by Crippen LogP contribution is 2.23. The second-order valence-corrected chi connectivity index (χ2v) is 3.47. The fourth-order valence-electron chi connectivity index (χ4n) is 1.33. The summed E-state index contributed by atoms with van der Waals surface area (Å²) in [7, 11) is 0. The predicted molar refractivity (Wildman–Crippen MR) is 60.7 cm³/mol. The number of nitrogens with zero attached hydrogens (tertiary/aromatic N) is 3. The lowest BCUT2D eigenvalue weighted by molar-refractivity contribution is 0.452. The van der Waals surface area contributed by atoms with E-state index in [-0.39, 0.29) is 5.28 Å². The molecule has 0 bridgehead atoms. The van der Waals surface area contributed by atoms with E-state index in [2.05, 4.69) is 22.1 Å². The Kier molecular flexibility index (Phi) is 3.31. The highest BCUT2D eigenvalue weighted by Gasteiger charge is 2.04. The zero-order valence-corrected chi connectivity index (χ0v) is 9.48. The molecule has 0 spiro atoms. The van der Waals surface area contributed by atoms with Crippen LogP contribution in [0.25, 0.3) is 0 Å². The van der Waals surface area contributed by atoms with Crippen LogP contribution in [0.2, 0.25) is 5.28 Å². The molecular formula is C11H10ClN3O. The molecule has 0 aliphatic carbocycles. The molecule has 1 heterocycles. The van der Waals surface area contributed by atoms with Crippen LogP contribution in [0.4, 0.5) is 0 Å². The van der Waals surface area contributed by atoms with E-state index in [1.807, 2.05) is 24.3 Å². The first-order chi connectivity index (χ1) is 7.79. The van der Waals surface area contributed by atoms with Crippen molar-refractivity contribution in [1.82, 2.24) is 15.2 Å². The molecule has 82 valence electrons. The Hall–Kier alpha value is -1.68. The van der Waals surface area contributed by atoms with Gasteiger partial charge in [-0.3, -0.25) is 0 Å². The van der Waals surface area contributed by atoms with Crippen LogP contribution in [0.5, 0.6) is 11.6 Å². The smallest absolute Gasteiger partial charge is 0.246 e. The summed E-state index contributed by atoms with van der Waals surface area (Å²) >= 11 is 5.62. The molecule has 1 aromatic heterocycles. The van der Waals surface area contributed by atoms with Gasteiger partial charge in [0.2, 0.25) is 11.2 Å². The quantitative estimate of drug-likeness (QED) is 0.821. The lowest BCUT2D eigenvalue weighted by atomic mass is 10.1. The molecule has 16 heavy (non-hydrogen) atoms. The van der Waals surface area contributed by atoms with E-state index < -0.39 is 0 Å². The molecule has 0 radical (unpaired) electrons. The molecule has 0 saturated carbocycles. The Labute approximate surface area is 98.3 Å². The minimum Gasteiger partial charge on any atom is -0.437 e. The Morgan fingerprint density at radius 1 is 1.31 bits per heavy atom. The van der Waals surface area contributed by atoms with Gasteiger partial charge in [-0.2, -0.15) is 10.1 Å². The predicted octanol–water partition coefficient (Wildman–Crippen LogP) is 2.88. The molecule has 0 aliphatic rings. The average molecular weight is 236 g/mol. The van der Waals surface area contributed by atoms with Crippen LogP contribution in [0.3, 0.4) is 0 Å². The van der Waals surface area contributed by atoms with Crippen LogP contribution in [-0.2, 0) is 6.42 Å². The van der Waals surface area contributed by atoms with Crippen LogP contribution in [0.1, 0.15) is 12.5 Å². The molecule has 0 N–H and O–H groups in total. The number of para-hydroxylation sites is 1. The molecule has 0 fully saturated rings. The first-order valence-electron chi connectivity index (χ1n) is 4.90. The van der Waals surface area contributed by atoms with Gasteiger partial charge in [-0.15, -0.1) is 5.10 Å². The van der Waals surface area contributed by atoms with E-state index in [0.717, 1.165) is 17.7 Å². The third-order valence-corrected chi connectivity index (χ3v) is 2.24. The highest BCUT2D eigenvalue weighted by molar-refractivity contribution is 6.28. The normalized spacial score (nSPS) is 10.1. The molecule has 0 aliphatic heterocycles. The molecule has 0 atom stereocenters. The minimum atomic E-state index is 0.0754. The maximum Gasteiger partial charge on any atom is 0.246 e. The summed E-state index contributed by atoms with van der Waals surface area (Å²) in [6.07, 6.45) is 2.32. The van der Waals surface area contributed by atoms with Gasteiger partial charge in [0.25, 0.3) is 0 Å². The molecule has 5 heteroatoms. The van der Waals surface area contributed by atoms with Gasteiger partial charge in [0.15, 0.2) is 0 Å². The van der Waals surface area contributed by atoms with Gasteiger partial charge in [0.1, 0.15) is 11.9 Å². The SMILES string of the molecule is CCc1ccccc1Oc1cnnc(Cl)n1. The number of hydrogen-bond donors (Lipinski definition) is 0. The number of hydrogen-bond acceptors (Lipinski definition) is 4. The van der Waals surface area contributed by atoms with Crippen LogP contribution in [-0.4, -0.2) is 15.2 Å². The molecule has 1 aromatic carbocycles. The van der Waals surface area contributed by atoms with Gasteiger partial charge in [-0.05, 0) is 29.7 Å². The second kappa shape index (κ2) is 4.90. The molecule has 2 aromatic rings. The van der Waals surface area contributed by atoms with Crippen molar-refractivity contribution in [3.05, 3.63) is 41.3 Å². The third kappa shape index (κ3) is 2.46. The summed E-state index contributed by atoms with van der Waals surface area (Å²) in [4.78, 5) is 3.91. The summed E-state index contributed by atoms with van der Waals surface area (Å²) in [6, 6.07) is 7.77. The topological polar surface area (TPSA) is 47.9 Å². The maximum absolute atomic E-state index is 5.62. The molecule has 0 unspecified atom stereocenters. The lowest BCUT2D eigenvalue weighted by Crippen LogP contribution is -1.94. The van der Waals surface area contributed by atoms with Crippen LogP contribution < -0.4 is 4.74 Å². The Morgan fingerprint density at radius 3 is 2.88 bits per heavy atom. The van der Waals surface area contributed by atoms with Crippen LogP contribution in [0, 0.1) is 0 Å². The molecule has 2 rings (SSSR count).